The first-order valence-corrected chi connectivity index (χ1v) is 6.59. The molecular weight excluding hydrogens is 244 g/mol. The topological polar surface area (TPSA) is 60.6 Å². The Kier molecular flexibility index (Phi) is 3.35. The van der Waals surface area contributed by atoms with Gasteiger partial charge in [-0.25, -0.2) is 9.48 Å². The van der Waals surface area contributed by atoms with Gasteiger partial charge >= 0.3 is 5.69 Å². The van der Waals surface area contributed by atoms with Crippen LogP contribution in [0.15, 0.2) is 29.2 Å². The second-order valence-electron chi connectivity index (χ2n) is 4.91. The fourth-order valence-corrected chi connectivity index (χ4v) is 2.62. The summed E-state index contributed by atoms with van der Waals surface area (Å²) in [6.07, 6.45) is 2.78. The number of fused-ring (bicyclic) bond motifs is 1. The van der Waals surface area contributed by atoms with E-state index in [-0.39, 0.29) is 11.7 Å². The van der Waals surface area contributed by atoms with Crippen LogP contribution in [0.1, 0.15) is 6.42 Å². The summed E-state index contributed by atoms with van der Waals surface area (Å²) in [5, 5.41) is 7.63. The minimum absolute atomic E-state index is 0.0882. The first kappa shape index (κ1) is 12.4. The molecule has 0 bridgehead atoms. The third-order valence-electron chi connectivity index (χ3n) is 3.76. The zero-order chi connectivity index (χ0) is 13.2. The van der Waals surface area contributed by atoms with Crippen LogP contribution in [-0.2, 0) is 11.3 Å². The average molecular weight is 262 g/mol. The number of aromatic nitrogens is 3. The average Bonchev–Trinajstić information content (AvgIpc) is 3.06. The Morgan fingerprint density at radius 1 is 1.58 bits per heavy atom. The van der Waals surface area contributed by atoms with Crippen molar-refractivity contribution in [1.29, 1.82) is 0 Å². The SMILES string of the molecule is CNC(Cn1nc2ccccn2c1=O)C1CCOC1. The number of nitrogens with one attached hydrogen (secondary N) is 1. The van der Waals surface area contributed by atoms with Gasteiger partial charge < -0.3 is 10.1 Å². The molecule has 1 saturated heterocycles. The van der Waals surface area contributed by atoms with Crippen LogP contribution < -0.4 is 11.0 Å². The molecule has 1 aliphatic rings. The first-order valence-electron chi connectivity index (χ1n) is 6.59. The van der Waals surface area contributed by atoms with Crippen molar-refractivity contribution >= 4 is 5.65 Å². The molecular formula is C13H18N4O2. The van der Waals surface area contributed by atoms with E-state index in [1.807, 2.05) is 25.2 Å². The Bertz CT molecular complexity index is 612. The molecule has 0 aliphatic carbocycles. The predicted molar refractivity (Wildman–Crippen MR) is 71.2 cm³/mol. The Morgan fingerprint density at radius 3 is 3.16 bits per heavy atom. The van der Waals surface area contributed by atoms with Crippen LogP contribution in [0.25, 0.3) is 5.65 Å². The third-order valence-corrected chi connectivity index (χ3v) is 3.76. The zero-order valence-electron chi connectivity index (χ0n) is 11.0. The highest BCUT2D eigenvalue weighted by molar-refractivity contribution is 5.35. The number of likely N-dealkylation sites (N-methyl/N-ethyl adjacent to an activating group) is 1. The normalized spacial score (nSPS) is 21.0. The van der Waals surface area contributed by atoms with E-state index in [9.17, 15) is 4.79 Å². The summed E-state index contributed by atoms with van der Waals surface area (Å²) in [7, 11) is 1.92. The van der Waals surface area contributed by atoms with Crippen molar-refractivity contribution < 1.29 is 4.74 Å². The lowest BCUT2D eigenvalue weighted by molar-refractivity contribution is 0.174. The summed E-state index contributed by atoms with van der Waals surface area (Å²) in [4.78, 5) is 12.2. The van der Waals surface area contributed by atoms with Gasteiger partial charge in [0.25, 0.3) is 0 Å². The van der Waals surface area contributed by atoms with Gasteiger partial charge in [0.2, 0.25) is 0 Å². The fourth-order valence-electron chi connectivity index (χ4n) is 2.62. The first-order chi connectivity index (χ1) is 9.29. The molecule has 1 N–H and O–H groups in total. The molecule has 19 heavy (non-hydrogen) atoms. The summed E-state index contributed by atoms with van der Waals surface area (Å²) in [5.74, 6) is 0.446. The second-order valence-corrected chi connectivity index (χ2v) is 4.91. The molecule has 3 rings (SSSR count). The Morgan fingerprint density at radius 2 is 2.47 bits per heavy atom. The largest absolute Gasteiger partial charge is 0.381 e. The number of rotatable bonds is 4. The van der Waals surface area contributed by atoms with Gasteiger partial charge in [0.1, 0.15) is 0 Å². The number of pyridine rings is 1. The van der Waals surface area contributed by atoms with Crippen LogP contribution in [-0.4, -0.2) is 40.5 Å². The summed E-state index contributed by atoms with van der Waals surface area (Å²) >= 11 is 0. The van der Waals surface area contributed by atoms with Crippen LogP contribution in [0.5, 0.6) is 0 Å². The minimum Gasteiger partial charge on any atom is -0.381 e. The van der Waals surface area contributed by atoms with Crippen LogP contribution in [0, 0.1) is 5.92 Å². The second kappa shape index (κ2) is 5.14. The molecule has 1 fully saturated rings. The Labute approximate surface area is 111 Å². The summed E-state index contributed by atoms with van der Waals surface area (Å²) in [6, 6.07) is 5.77. The fraction of sp³-hybridized carbons (Fsp3) is 0.538. The van der Waals surface area contributed by atoms with Crippen molar-refractivity contribution in [2.24, 2.45) is 5.92 Å². The van der Waals surface area contributed by atoms with Crippen molar-refractivity contribution in [3.63, 3.8) is 0 Å². The van der Waals surface area contributed by atoms with E-state index >= 15 is 0 Å². The summed E-state index contributed by atoms with van der Waals surface area (Å²) < 4.78 is 8.52. The van der Waals surface area contributed by atoms with Gasteiger partial charge in [0, 0.05) is 24.8 Å². The Hall–Kier alpha value is -1.66. The van der Waals surface area contributed by atoms with Crippen molar-refractivity contribution in [3.8, 4) is 0 Å². The van der Waals surface area contributed by atoms with Gasteiger partial charge in [-0.05, 0) is 25.6 Å². The van der Waals surface area contributed by atoms with E-state index in [0.29, 0.717) is 18.1 Å². The lowest BCUT2D eigenvalue weighted by Gasteiger charge is -2.20. The van der Waals surface area contributed by atoms with Gasteiger partial charge in [-0.3, -0.25) is 4.40 Å². The molecule has 2 unspecified atom stereocenters. The molecule has 102 valence electrons. The van der Waals surface area contributed by atoms with Gasteiger partial charge in [-0.1, -0.05) is 6.07 Å². The predicted octanol–water partition coefficient (Wildman–Crippen LogP) is 0.120. The number of nitrogens with zero attached hydrogens (tertiary/aromatic N) is 3. The molecule has 3 heterocycles. The van der Waals surface area contributed by atoms with E-state index < -0.39 is 0 Å². The van der Waals surface area contributed by atoms with Crippen LogP contribution >= 0.6 is 0 Å². The smallest absolute Gasteiger partial charge is 0.350 e. The summed E-state index contributed by atoms with van der Waals surface area (Å²) in [6.45, 7) is 2.14. The van der Waals surface area contributed by atoms with Crippen LogP contribution in [0.3, 0.4) is 0 Å². The van der Waals surface area contributed by atoms with E-state index in [0.717, 1.165) is 19.6 Å². The standard InChI is InChI=1S/C13H18N4O2/c1-14-11(10-5-7-19-9-10)8-17-13(18)16-6-3-2-4-12(16)15-17/h2-4,6,10-11,14H,5,7-9H2,1H3. The number of hydrogen-bond donors (Lipinski definition) is 1. The monoisotopic (exact) mass is 262 g/mol. The van der Waals surface area contributed by atoms with E-state index in [2.05, 4.69) is 10.4 Å². The quantitative estimate of drug-likeness (QED) is 0.850. The maximum atomic E-state index is 12.2. The lowest BCUT2D eigenvalue weighted by atomic mass is 9.99. The molecule has 0 aromatic carbocycles. The Balaban J connectivity index is 1.87. The number of ether oxygens (including phenoxy) is 1. The highest BCUT2D eigenvalue weighted by Gasteiger charge is 2.25. The molecule has 6 nitrogen and oxygen atoms in total. The molecule has 1 aliphatic heterocycles. The van der Waals surface area contributed by atoms with Gasteiger partial charge in [-0.2, -0.15) is 0 Å². The number of hydrogen-bond acceptors (Lipinski definition) is 4. The molecule has 6 heteroatoms. The molecule has 0 saturated carbocycles. The van der Waals surface area contributed by atoms with E-state index in [1.54, 1.807) is 10.6 Å². The molecule has 0 spiro atoms. The third kappa shape index (κ3) is 2.29. The van der Waals surface area contributed by atoms with Crippen LogP contribution in [0.2, 0.25) is 0 Å². The van der Waals surface area contributed by atoms with Crippen molar-refractivity contribution in [1.82, 2.24) is 19.5 Å². The van der Waals surface area contributed by atoms with Crippen LogP contribution in [0.4, 0.5) is 0 Å². The van der Waals surface area contributed by atoms with Crippen molar-refractivity contribution in [2.45, 2.75) is 19.0 Å². The zero-order valence-corrected chi connectivity index (χ0v) is 11.0. The minimum atomic E-state index is -0.0882. The lowest BCUT2D eigenvalue weighted by Crippen LogP contribution is -2.40. The highest BCUT2D eigenvalue weighted by Crippen LogP contribution is 2.17. The van der Waals surface area contributed by atoms with Gasteiger partial charge in [0.15, 0.2) is 5.65 Å². The van der Waals surface area contributed by atoms with Gasteiger partial charge in [0.05, 0.1) is 13.2 Å². The van der Waals surface area contributed by atoms with Gasteiger partial charge in [-0.15, -0.1) is 5.10 Å². The van der Waals surface area contributed by atoms with Crippen molar-refractivity contribution in [3.05, 3.63) is 34.9 Å². The maximum Gasteiger partial charge on any atom is 0.350 e. The van der Waals surface area contributed by atoms with Crippen molar-refractivity contribution in [2.75, 3.05) is 20.3 Å². The highest BCUT2D eigenvalue weighted by atomic mass is 16.5. The molecule has 0 amide bonds. The molecule has 0 radical (unpaired) electrons. The molecule has 2 aromatic heterocycles. The molecule has 2 atom stereocenters. The van der Waals surface area contributed by atoms with E-state index in [1.165, 1.54) is 4.68 Å². The summed E-state index contributed by atoms with van der Waals surface area (Å²) in [5.41, 5.74) is 0.597. The maximum absolute atomic E-state index is 12.2. The van der Waals surface area contributed by atoms with E-state index in [4.69, 9.17) is 4.74 Å². The molecule has 2 aromatic rings.